The number of halogens is 2. The van der Waals surface area contributed by atoms with Crippen LogP contribution in [0.3, 0.4) is 0 Å². The topological polar surface area (TPSA) is 78.7 Å². The lowest BCUT2D eigenvalue weighted by atomic mass is 10.1. The fraction of sp³-hybridized carbons (Fsp3) is 0.500. The van der Waals surface area contributed by atoms with Crippen molar-refractivity contribution in [1.29, 1.82) is 0 Å². The maximum atomic E-state index is 13.4. The van der Waals surface area contributed by atoms with Gasteiger partial charge in [-0.1, -0.05) is 0 Å². The molecule has 0 aliphatic rings. The Labute approximate surface area is 135 Å². The monoisotopic (exact) mass is 377 g/mol. The van der Waals surface area contributed by atoms with Crippen LogP contribution in [0.2, 0.25) is 0 Å². The molecule has 1 rings (SSSR count). The minimum absolute atomic E-state index is 0.00640. The summed E-state index contributed by atoms with van der Waals surface area (Å²) in [5, 5.41) is 11.0. The number of ether oxygens (including phenoxy) is 2. The van der Waals surface area contributed by atoms with Crippen LogP contribution in [0.1, 0.15) is 34.6 Å². The standard InChI is InChI=1S/C14H17BrFNO5/c1-13(2,3)22-12(18)14(4,5)21-11-6-8(15)9(16)7-10(11)17(19)20/h6-7H,1-5H3. The lowest BCUT2D eigenvalue weighted by Crippen LogP contribution is -2.43. The van der Waals surface area contributed by atoms with Crippen LogP contribution in [0.4, 0.5) is 10.1 Å². The molecule has 0 amide bonds. The van der Waals surface area contributed by atoms with Crippen molar-refractivity contribution >= 4 is 27.6 Å². The second-order valence-electron chi connectivity index (χ2n) is 6.11. The highest BCUT2D eigenvalue weighted by molar-refractivity contribution is 9.10. The van der Waals surface area contributed by atoms with Gasteiger partial charge in [-0.15, -0.1) is 0 Å². The number of nitrogens with zero attached hydrogens (tertiary/aromatic N) is 1. The highest BCUT2D eigenvalue weighted by Crippen LogP contribution is 2.35. The van der Waals surface area contributed by atoms with Crippen molar-refractivity contribution in [3.05, 3.63) is 32.5 Å². The molecular weight excluding hydrogens is 361 g/mol. The summed E-state index contributed by atoms with van der Waals surface area (Å²) < 4.78 is 24.1. The van der Waals surface area contributed by atoms with Gasteiger partial charge in [-0.2, -0.15) is 0 Å². The molecule has 0 saturated heterocycles. The molecule has 0 unspecified atom stereocenters. The first-order valence-corrected chi connectivity index (χ1v) is 7.19. The molecule has 22 heavy (non-hydrogen) atoms. The van der Waals surface area contributed by atoms with Crippen molar-refractivity contribution in [2.45, 2.75) is 45.8 Å². The summed E-state index contributed by atoms with van der Waals surface area (Å²) in [7, 11) is 0. The van der Waals surface area contributed by atoms with Crippen molar-refractivity contribution in [3.63, 3.8) is 0 Å². The Hall–Kier alpha value is -1.70. The molecule has 0 N–H and O–H groups in total. The molecule has 0 heterocycles. The molecule has 0 atom stereocenters. The lowest BCUT2D eigenvalue weighted by molar-refractivity contribution is -0.386. The van der Waals surface area contributed by atoms with Crippen molar-refractivity contribution in [3.8, 4) is 5.75 Å². The third-order valence-corrected chi connectivity index (χ3v) is 3.06. The van der Waals surface area contributed by atoms with Gasteiger partial charge >= 0.3 is 11.7 Å². The van der Waals surface area contributed by atoms with E-state index in [1.165, 1.54) is 13.8 Å². The molecule has 0 aromatic heterocycles. The highest BCUT2D eigenvalue weighted by atomic mass is 79.9. The zero-order chi connectivity index (χ0) is 17.3. The van der Waals surface area contributed by atoms with Gasteiger partial charge in [-0.25, -0.2) is 9.18 Å². The van der Waals surface area contributed by atoms with E-state index in [-0.39, 0.29) is 10.2 Å². The fourth-order valence-electron chi connectivity index (χ4n) is 1.46. The van der Waals surface area contributed by atoms with E-state index in [1.807, 2.05) is 0 Å². The molecule has 0 radical (unpaired) electrons. The number of hydrogen-bond donors (Lipinski definition) is 0. The van der Waals surface area contributed by atoms with Crippen molar-refractivity contribution in [1.82, 2.24) is 0 Å². The summed E-state index contributed by atoms with van der Waals surface area (Å²) in [5.41, 5.74) is -2.78. The smallest absolute Gasteiger partial charge is 0.350 e. The van der Waals surface area contributed by atoms with E-state index in [0.29, 0.717) is 0 Å². The normalized spacial score (nSPS) is 12.0. The number of benzene rings is 1. The maximum Gasteiger partial charge on any atom is 0.350 e. The number of carbonyl (C=O) groups excluding carboxylic acids is 1. The molecule has 122 valence electrons. The van der Waals surface area contributed by atoms with E-state index in [2.05, 4.69) is 15.9 Å². The minimum Gasteiger partial charge on any atom is -0.469 e. The molecule has 0 aliphatic heterocycles. The summed E-state index contributed by atoms with van der Waals surface area (Å²) in [6, 6.07) is 1.84. The third-order valence-electron chi connectivity index (χ3n) is 2.45. The molecule has 0 fully saturated rings. The molecule has 1 aromatic carbocycles. The Bertz CT molecular complexity index is 610. The molecule has 0 saturated carbocycles. The second-order valence-corrected chi connectivity index (χ2v) is 6.96. The molecule has 1 aromatic rings. The van der Waals surface area contributed by atoms with Gasteiger partial charge in [-0.3, -0.25) is 10.1 Å². The molecule has 0 spiro atoms. The highest BCUT2D eigenvalue weighted by Gasteiger charge is 2.37. The van der Waals surface area contributed by atoms with Crippen LogP contribution >= 0.6 is 15.9 Å². The molecule has 8 heteroatoms. The first-order chi connectivity index (χ1) is 9.83. The maximum absolute atomic E-state index is 13.4. The van der Waals surface area contributed by atoms with Crippen molar-refractivity contribution in [2.24, 2.45) is 0 Å². The molecule has 6 nitrogen and oxygen atoms in total. The van der Waals surface area contributed by atoms with Crippen LogP contribution in [-0.4, -0.2) is 22.1 Å². The second kappa shape index (κ2) is 6.20. The van der Waals surface area contributed by atoms with Crippen LogP contribution in [0, 0.1) is 15.9 Å². The van der Waals surface area contributed by atoms with Gasteiger partial charge in [0.15, 0.2) is 5.75 Å². The zero-order valence-corrected chi connectivity index (χ0v) is 14.5. The van der Waals surface area contributed by atoms with Crippen LogP contribution in [-0.2, 0) is 9.53 Å². The molecule has 0 aliphatic carbocycles. The predicted molar refractivity (Wildman–Crippen MR) is 81.3 cm³/mol. The van der Waals surface area contributed by atoms with E-state index in [0.717, 1.165) is 12.1 Å². The van der Waals surface area contributed by atoms with Gasteiger partial charge in [0, 0.05) is 6.07 Å². The summed E-state index contributed by atoms with van der Waals surface area (Å²) in [5.74, 6) is -1.71. The lowest BCUT2D eigenvalue weighted by Gasteiger charge is -2.29. The number of carbonyl (C=O) groups is 1. The third kappa shape index (κ3) is 4.66. The Balaban J connectivity index is 3.15. The Kier molecular flexibility index (Phi) is 5.17. The molecule has 0 bridgehead atoms. The first kappa shape index (κ1) is 18.3. The van der Waals surface area contributed by atoms with Gasteiger partial charge in [0.2, 0.25) is 5.60 Å². The summed E-state index contributed by atoms with van der Waals surface area (Å²) in [6.45, 7) is 7.91. The van der Waals surface area contributed by atoms with Crippen LogP contribution in [0.25, 0.3) is 0 Å². The Morgan fingerprint density at radius 1 is 1.27 bits per heavy atom. The zero-order valence-electron chi connectivity index (χ0n) is 12.9. The first-order valence-electron chi connectivity index (χ1n) is 6.39. The average Bonchev–Trinajstić information content (AvgIpc) is 2.30. The van der Waals surface area contributed by atoms with Crippen LogP contribution in [0.15, 0.2) is 16.6 Å². The predicted octanol–water partition coefficient (Wildman–Crippen LogP) is 4.00. The Morgan fingerprint density at radius 2 is 1.82 bits per heavy atom. The van der Waals surface area contributed by atoms with E-state index in [1.54, 1.807) is 20.8 Å². The van der Waals surface area contributed by atoms with Gasteiger partial charge in [-0.05, 0) is 50.5 Å². The summed E-state index contributed by atoms with van der Waals surface area (Å²) in [6.07, 6.45) is 0. The number of rotatable bonds is 4. The van der Waals surface area contributed by atoms with Crippen molar-refractivity contribution < 1.29 is 23.6 Å². The molecular formula is C14H17BrFNO5. The number of nitro groups is 1. The van der Waals surface area contributed by atoms with E-state index in [4.69, 9.17) is 9.47 Å². The minimum atomic E-state index is -1.48. The van der Waals surface area contributed by atoms with E-state index >= 15 is 0 Å². The van der Waals surface area contributed by atoms with Crippen LogP contribution in [0.5, 0.6) is 5.75 Å². The quantitative estimate of drug-likeness (QED) is 0.450. The number of esters is 1. The summed E-state index contributed by atoms with van der Waals surface area (Å²) >= 11 is 2.93. The van der Waals surface area contributed by atoms with Gasteiger partial charge in [0.25, 0.3) is 0 Å². The van der Waals surface area contributed by atoms with Crippen molar-refractivity contribution in [2.75, 3.05) is 0 Å². The summed E-state index contributed by atoms with van der Waals surface area (Å²) in [4.78, 5) is 22.3. The van der Waals surface area contributed by atoms with Gasteiger partial charge in [0.05, 0.1) is 15.5 Å². The van der Waals surface area contributed by atoms with E-state index in [9.17, 15) is 19.3 Å². The van der Waals surface area contributed by atoms with Crippen LogP contribution < -0.4 is 4.74 Å². The average molecular weight is 378 g/mol. The SMILES string of the molecule is CC(C)(C)OC(=O)C(C)(C)Oc1cc(Br)c(F)cc1[N+](=O)[O-]. The Morgan fingerprint density at radius 3 is 2.27 bits per heavy atom. The van der Waals surface area contributed by atoms with Gasteiger partial charge < -0.3 is 9.47 Å². The fourth-order valence-corrected chi connectivity index (χ4v) is 1.78. The number of hydrogen-bond acceptors (Lipinski definition) is 5. The largest absolute Gasteiger partial charge is 0.469 e. The van der Waals surface area contributed by atoms with Gasteiger partial charge in [0.1, 0.15) is 11.4 Å². The van der Waals surface area contributed by atoms with E-state index < -0.39 is 33.6 Å². The number of nitro benzene ring substituents is 1.